The van der Waals surface area contributed by atoms with E-state index in [1.54, 1.807) is 17.5 Å². The van der Waals surface area contributed by atoms with Crippen LogP contribution in [-0.2, 0) is 7.05 Å². The fraction of sp³-hybridized carbons (Fsp3) is 0.154. The Kier molecular flexibility index (Phi) is 2.05. The summed E-state index contributed by atoms with van der Waals surface area (Å²) < 4.78 is 3.65. The van der Waals surface area contributed by atoms with Crippen molar-refractivity contribution in [3.63, 3.8) is 0 Å². The van der Waals surface area contributed by atoms with Crippen LogP contribution in [0.4, 0.5) is 0 Å². The average Bonchev–Trinajstić information content (AvgIpc) is 3.00. The van der Waals surface area contributed by atoms with E-state index in [0.717, 1.165) is 26.4 Å². The van der Waals surface area contributed by atoms with Gasteiger partial charge in [-0.1, -0.05) is 11.3 Å². The van der Waals surface area contributed by atoms with Gasteiger partial charge in [0.1, 0.15) is 5.01 Å². The standard InChI is InChI=1S/C13H11N5S/c1-8-5-9(6-10-7-17(2)15-11(8)10)12-16-18-4-3-14-13(18)19-12/h3-7H,1-2H3. The van der Waals surface area contributed by atoms with Crippen LogP contribution in [0.2, 0.25) is 0 Å². The topological polar surface area (TPSA) is 48.0 Å². The number of hydrogen-bond acceptors (Lipinski definition) is 4. The lowest BCUT2D eigenvalue weighted by Gasteiger charge is -1.99. The molecule has 19 heavy (non-hydrogen) atoms. The first-order valence-electron chi connectivity index (χ1n) is 5.95. The van der Waals surface area contributed by atoms with E-state index in [4.69, 9.17) is 0 Å². The van der Waals surface area contributed by atoms with Gasteiger partial charge in [0.05, 0.1) is 11.7 Å². The Labute approximate surface area is 113 Å². The monoisotopic (exact) mass is 269 g/mol. The highest BCUT2D eigenvalue weighted by molar-refractivity contribution is 7.19. The molecule has 0 saturated carbocycles. The molecule has 0 radical (unpaired) electrons. The predicted octanol–water partition coefficient (Wildman–Crippen LogP) is 2.65. The zero-order valence-corrected chi connectivity index (χ0v) is 11.3. The minimum absolute atomic E-state index is 0.916. The van der Waals surface area contributed by atoms with E-state index in [9.17, 15) is 0 Å². The molecule has 5 nitrogen and oxygen atoms in total. The van der Waals surface area contributed by atoms with Crippen LogP contribution in [0.15, 0.2) is 30.7 Å². The summed E-state index contributed by atoms with van der Waals surface area (Å²) in [5.41, 5.74) is 3.34. The van der Waals surface area contributed by atoms with E-state index in [-0.39, 0.29) is 0 Å². The molecule has 0 saturated heterocycles. The van der Waals surface area contributed by atoms with Gasteiger partial charge >= 0.3 is 0 Å². The van der Waals surface area contributed by atoms with Crippen molar-refractivity contribution >= 4 is 27.2 Å². The van der Waals surface area contributed by atoms with Crippen LogP contribution in [0.25, 0.3) is 26.4 Å². The lowest BCUT2D eigenvalue weighted by Crippen LogP contribution is -1.86. The molecule has 4 rings (SSSR count). The maximum Gasteiger partial charge on any atom is 0.212 e. The molecule has 3 heterocycles. The molecule has 0 atom stereocenters. The molecule has 1 aromatic carbocycles. The van der Waals surface area contributed by atoms with Crippen LogP contribution < -0.4 is 0 Å². The third kappa shape index (κ3) is 1.57. The molecule has 3 aromatic heterocycles. The van der Waals surface area contributed by atoms with E-state index in [1.807, 2.05) is 28.6 Å². The van der Waals surface area contributed by atoms with Gasteiger partial charge in [0, 0.05) is 30.4 Å². The van der Waals surface area contributed by atoms with Crippen molar-refractivity contribution in [2.75, 3.05) is 0 Å². The third-order valence-corrected chi connectivity index (χ3v) is 4.12. The lowest BCUT2D eigenvalue weighted by molar-refractivity contribution is 0.779. The van der Waals surface area contributed by atoms with Gasteiger partial charge in [-0.2, -0.15) is 10.2 Å². The lowest BCUT2D eigenvalue weighted by atomic mass is 10.1. The summed E-state index contributed by atoms with van der Waals surface area (Å²) in [6.07, 6.45) is 5.66. The Morgan fingerprint density at radius 2 is 2.11 bits per heavy atom. The first-order valence-corrected chi connectivity index (χ1v) is 6.77. The van der Waals surface area contributed by atoms with Crippen molar-refractivity contribution in [3.05, 3.63) is 36.3 Å². The number of hydrogen-bond donors (Lipinski definition) is 0. The minimum atomic E-state index is 0.916. The molecule has 0 unspecified atom stereocenters. The maximum absolute atomic E-state index is 4.54. The number of benzene rings is 1. The molecule has 94 valence electrons. The summed E-state index contributed by atoms with van der Waals surface area (Å²) in [6.45, 7) is 2.08. The van der Waals surface area contributed by atoms with Crippen LogP contribution in [0.1, 0.15) is 5.56 Å². The quantitative estimate of drug-likeness (QED) is 0.534. The number of nitrogens with zero attached hydrogens (tertiary/aromatic N) is 5. The van der Waals surface area contributed by atoms with Gasteiger partial charge in [-0.25, -0.2) is 9.50 Å². The SMILES string of the molecule is Cc1cc(-c2nn3ccnc3s2)cc2cn(C)nc12. The van der Waals surface area contributed by atoms with E-state index < -0.39 is 0 Å². The number of aryl methyl sites for hydroxylation is 2. The van der Waals surface area contributed by atoms with Gasteiger partial charge in [0.2, 0.25) is 4.96 Å². The van der Waals surface area contributed by atoms with Gasteiger partial charge in [-0.05, 0) is 24.6 Å². The number of imidazole rings is 1. The molecule has 0 amide bonds. The Morgan fingerprint density at radius 3 is 2.95 bits per heavy atom. The fourth-order valence-electron chi connectivity index (χ4n) is 2.31. The van der Waals surface area contributed by atoms with E-state index >= 15 is 0 Å². The largest absolute Gasteiger partial charge is 0.275 e. The Morgan fingerprint density at radius 1 is 1.21 bits per heavy atom. The second-order valence-corrected chi connectivity index (χ2v) is 5.55. The molecule has 0 aliphatic rings. The Balaban J connectivity index is 1.97. The van der Waals surface area contributed by atoms with Crippen molar-refractivity contribution in [3.8, 4) is 10.6 Å². The predicted molar refractivity (Wildman–Crippen MR) is 75.3 cm³/mol. The first kappa shape index (κ1) is 10.7. The van der Waals surface area contributed by atoms with E-state index in [2.05, 4.69) is 34.2 Å². The minimum Gasteiger partial charge on any atom is -0.275 e. The molecule has 0 aliphatic carbocycles. The third-order valence-electron chi connectivity index (χ3n) is 3.14. The molecule has 0 fully saturated rings. The highest BCUT2D eigenvalue weighted by Crippen LogP contribution is 2.29. The van der Waals surface area contributed by atoms with Gasteiger partial charge < -0.3 is 0 Å². The molecule has 0 bridgehead atoms. The van der Waals surface area contributed by atoms with Gasteiger partial charge in [-0.15, -0.1) is 0 Å². The summed E-state index contributed by atoms with van der Waals surface area (Å²) in [6, 6.07) is 4.27. The fourth-order valence-corrected chi connectivity index (χ4v) is 3.15. The second kappa shape index (κ2) is 3.64. The molecular weight excluding hydrogens is 258 g/mol. The van der Waals surface area contributed by atoms with Crippen LogP contribution in [0.5, 0.6) is 0 Å². The zero-order valence-electron chi connectivity index (χ0n) is 10.5. The summed E-state index contributed by atoms with van der Waals surface area (Å²) in [7, 11) is 1.94. The smallest absolute Gasteiger partial charge is 0.212 e. The second-order valence-electron chi connectivity index (χ2n) is 4.60. The van der Waals surface area contributed by atoms with Crippen molar-refractivity contribution in [1.29, 1.82) is 0 Å². The first-order chi connectivity index (χ1) is 9.20. The van der Waals surface area contributed by atoms with Crippen LogP contribution >= 0.6 is 11.3 Å². The maximum atomic E-state index is 4.54. The number of fused-ring (bicyclic) bond motifs is 2. The van der Waals surface area contributed by atoms with Crippen LogP contribution in [-0.4, -0.2) is 24.4 Å². The van der Waals surface area contributed by atoms with Gasteiger partial charge in [0.25, 0.3) is 0 Å². The molecule has 6 heteroatoms. The molecule has 0 aliphatic heterocycles. The van der Waals surface area contributed by atoms with E-state index in [1.165, 1.54) is 5.56 Å². The van der Waals surface area contributed by atoms with Crippen LogP contribution in [0, 0.1) is 6.92 Å². The summed E-state index contributed by atoms with van der Waals surface area (Å²) in [5.74, 6) is 0. The van der Waals surface area contributed by atoms with Crippen molar-refractivity contribution in [1.82, 2.24) is 24.4 Å². The average molecular weight is 269 g/mol. The van der Waals surface area contributed by atoms with Crippen molar-refractivity contribution in [2.45, 2.75) is 6.92 Å². The summed E-state index contributed by atoms with van der Waals surface area (Å²) in [4.78, 5) is 5.17. The zero-order chi connectivity index (χ0) is 13.0. The Hall–Kier alpha value is -2.21. The summed E-state index contributed by atoms with van der Waals surface area (Å²) >= 11 is 1.59. The van der Waals surface area contributed by atoms with Gasteiger partial charge in [-0.3, -0.25) is 4.68 Å². The van der Waals surface area contributed by atoms with Crippen molar-refractivity contribution in [2.24, 2.45) is 7.05 Å². The highest BCUT2D eigenvalue weighted by atomic mass is 32.1. The summed E-state index contributed by atoms with van der Waals surface area (Å²) in [5, 5.41) is 11.1. The Bertz CT molecular complexity index is 870. The van der Waals surface area contributed by atoms with Crippen LogP contribution in [0.3, 0.4) is 0 Å². The molecule has 0 N–H and O–H groups in total. The number of rotatable bonds is 1. The number of aromatic nitrogens is 5. The highest BCUT2D eigenvalue weighted by Gasteiger charge is 2.10. The molecule has 4 aromatic rings. The van der Waals surface area contributed by atoms with Gasteiger partial charge in [0.15, 0.2) is 0 Å². The molecule has 0 spiro atoms. The van der Waals surface area contributed by atoms with Crippen molar-refractivity contribution < 1.29 is 0 Å². The normalized spacial score (nSPS) is 11.7. The molecular formula is C13H11N5S. The van der Waals surface area contributed by atoms with E-state index in [0.29, 0.717) is 0 Å².